The van der Waals surface area contributed by atoms with Gasteiger partial charge in [-0.3, -0.25) is 14.6 Å². The van der Waals surface area contributed by atoms with E-state index in [9.17, 15) is 9.59 Å². The molecule has 1 spiro atoms. The van der Waals surface area contributed by atoms with Crippen LogP contribution >= 0.6 is 0 Å². The Bertz CT molecular complexity index is 697. The zero-order valence-electron chi connectivity index (χ0n) is 15.1. The van der Waals surface area contributed by atoms with E-state index in [-0.39, 0.29) is 29.8 Å². The van der Waals surface area contributed by atoms with Gasteiger partial charge in [0.15, 0.2) is 0 Å². The van der Waals surface area contributed by atoms with Gasteiger partial charge in [0, 0.05) is 38.6 Å². The number of carbonyl (C=O) groups is 2. The number of hydrogen-bond donors (Lipinski definition) is 1. The van der Waals surface area contributed by atoms with Crippen molar-refractivity contribution in [2.24, 2.45) is 17.6 Å². The minimum atomic E-state index is -0.479. The zero-order chi connectivity index (χ0) is 18.3. The third kappa shape index (κ3) is 2.61. The maximum atomic E-state index is 13.4. The molecular formula is C19H26N4O3. The number of carbonyl (C=O) groups excluding carboxylic acids is 2. The molecule has 0 unspecified atom stereocenters. The molecule has 0 radical (unpaired) electrons. The molecule has 0 aliphatic carbocycles. The molecular weight excluding hydrogens is 332 g/mol. The number of nitrogens with two attached hydrogens (primary N) is 1. The Balaban J connectivity index is 1.56. The van der Waals surface area contributed by atoms with E-state index in [4.69, 9.17) is 10.5 Å². The van der Waals surface area contributed by atoms with E-state index in [1.807, 2.05) is 24.0 Å². The van der Waals surface area contributed by atoms with Crippen molar-refractivity contribution < 1.29 is 14.3 Å². The molecule has 2 bridgehead atoms. The molecule has 0 aromatic carbocycles. The SMILES string of the molecule is CCN(Cc1ccncc1)C(=O)[C@H]1[C@@H]2CC[C@@]3(CN(CCN)C(=O)[C@@H]13)O2. The Kier molecular flexibility index (Phi) is 4.44. The van der Waals surface area contributed by atoms with Gasteiger partial charge < -0.3 is 20.3 Å². The summed E-state index contributed by atoms with van der Waals surface area (Å²) in [6.45, 7) is 4.64. The van der Waals surface area contributed by atoms with Crippen LogP contribution in [-0.2, 0) is 20.9 Å². The highest BCUT2D eigenvalue weighted by Crippen LogP contribution is 2.55. The number of nitrogens with zero attached hydrogens (tertiary/aromatic N) is 3. The Hall–Kier alpha value is -1.99. The number of hydrogen-bond acceptors (Lipinski definition) is 5. The van der Waals surface area contributed by atoms with Crippen LogP contribution in [0.2, 0.25) is 0 Å². The molecule has 3 fully saturated rings. The first-order valence-corrected chi connectivity index (χ1v) is 9.44. The monoisotopic (exact) mass is 358 g/mol. The first-order chi connectivity index (χ1) is 12.6. The van der Waals surface area contributed by atoms with E-state index >= 15 is 0 Å². The molecule has 4 heterocycles. The molecule has 0 saturated carbocycles. The molecule has 4 atom stereocenters. The van der Waals surface area contributed by atoms with Crippen LogP contribution in [0.3, 0.4) is 0 Å². The van der Waals surface area contributed by atoms with Crippen molar-refractivity contribution >= 4 is 11.8 Å². The lowest BCUT2D eigenvalue weighted by molar-refractivity contribution is -0.144. The summed E-state index contributed by atoms with van der Waals surface area (Å²) < 4.78 is 6.25. The summed E-state index contributed by atoms with van der Waals surface area (Å²) in [6.07, 6.45) is 5.03. The van der Waals surface area contributed by atoms with E-state index in [0.29, 0.717) is 32.7 Å². The number of fused-ring (bicyclic) bond motifs is 1. The number of rotatable bonds is 6. The molecule has 4 rings (SSSR count). The highest BCUT2D eigenvalue weighted by molar-refractivity contribution is 5.92. The number of ether oxygens (including phenoxy) is 1. The maximum absolute atomic E-state index is 13.4. The van der Waals surface area contributed by atoms with Crippen molar-refractivity contribution in [1.29, 1.82) is 0 Å². The highest BCUT2D eigenvalue weighted by atomic mass is 16.5. The molecule has 26 heavy (non-hydrogen) atoms. The molecule has 3 aliphatic rings. The van der Waals surface area contributed by atoms with Crippen LogP contribution in [0.4, 0.5) is 0 Å². The van der Waals surface area contributed by atoms with Gasteiger partial charge in [-0.05, 0) is 37.5 Å². The number of aromatic nitrogens is 1. The largest absolute Gasteiger partial charge is 0.368 e. The number of likely N-dealkylation sites (tertiary alicyclic amines) is 1. The van der Waals surface area contributed by atoms with Crippen molar-refractivity contribution in [1.82, 2.24) is 14.8 Å². The summed E-state index contributed by atoms with van der Waals surface area (Å²) in [5.41, 5.74) is 6.21. The van der Waals surface area contributed by atoms with Crippen molar-refractivity contribution in [2.75, 3.05) is 26.2 Å². The second kappa shape index (κ2) is 6.63. The number of pyridine rings is 1. The van der Waals surface area contributed by atoms with Crippen molar-refractivity contribution in [3.8, 4) is 0 Å². The molecule has 7 nitrogen and oxygen atoms in total. The lowest BCUT2D eigenvalue weighted by Gasteiger charge is -2.31. The molecule has 1 aromatic heterocycles. The van der Waals surface area contributed by atoms with Crippen LogP contribution in [0, 0.1) is 11.8 Å². The average Bonchev–Trinajstić information content (AvgIpc) is 3.29. The summed E-state index contributed by atoms with van der Waals surface area (Å²) in [6, 6.07) is 3.83. The minimum Gasteiger partial charge on any atom is -0.368 e. The number of amides is 2. The van der Waals surface area contributed by atoms with E-state index < -0.39 is 5.60 Å². The van der Waals surface area contributed by atoms with E-state index in [1.165, 1.54) is 0 Å². The van der Waals surface area contributed by atoms with Crippen LogP contribution in [0.25, 0.3) is 0 Å². The van der Waals surface area contributed by atoms with E-state index in [0.717, 1.165) is 18.4 Å². The Labute approximate surface area is 153 Å². The van der Waals surface area contributed by atoms with Crippen molar-refractivity contribution in [3.05, 3.63) is 30.1 Å². The first kappa shape index (κ1) is 17.4. The van der Waals surface area contributed by atoms with Gasteiger partial charge in [0.05, 0.1) is 30.1 Å². The van der Waals surface area contributed by atoms with Gasteiger partial charge in [-0.1, -0.05) is 0 Å². The van der Waals surface area contributed by atoms with Gasteiger partial charge in [-0.2, -0.15) is 0 Å². The fraction of sp³-hybridized carbons (Fsp3) is 0.632. The molecule has 3 aliphatic heterocycles. The minimum absolute atomic E-state index is 0.0313. The maximum Gasteiger partial charge on any atom is 0.229 e. The summed E-state index contributed by atoms with van der Waals surface area (Å²) >= 11 is 0. The van der Waals surface area contributed by atoms with Gasteiger partial charge in [0.2, 0.25) is 11.8 Å². The van der Waals surface area contributed by atoms with Crippen LogP contribution < -0.4 is 5.73 Å². The summed E-state index contributed by atoms with van der Waals surface area (Å²) in [4.78, 5) is 34.0. The van der Waals surface area contributed by atoms with Gasteiger partial charge in [0.1, 0.15) is 0 Å². The summed E-state index contributed by atoms with van der Waals surface area (Å²) in [5, 5.41) is 0. The molecule has 7 heteroatoms. The third-order valence-corrected chi connectivity index (χ3v) is 6.10. The Morgan fingerprint density at radius 2 is 2.23 bits per heavy atom. The smallest absolute Gasteiger partial charge is 0.229 e. The normalized spacial score (nSPS) is 32.2. The fourth-order valence-corrected chi connectivity index (χ4v) is 4.93. The van der Waals surface area contributed by atoms with E-state index in [2.05, 4.69) is 4.98 Å². The van der Waals surface area contributed by atoms with E-state index in [1.54, 1.807) is 17.3 Å². The van der Waals surface area contributed by atoms with Gasteiger partial charge in [0.25, 0.3) is 0 Å². The average molecular weight is 358 g/mol. The van der Waals surface area contributed by atoms with Gasteiger partial charge in [-0.15, -0.1) is 0 Å². The summed E-state index contributed by atoms with van der Waals surface area (Å²) in [7, 11) is 0. The standard InChI is InChI=1S/C19H26N4O3/c1-2-22(11-13-4-8-21-9-5-13)17(24)15-14-3-6-19(26-14)12-23(10-7-20)18(25)16(15)19/h4-5,8-9,14-16H,2-3,6-7,10-12,20H2,1H3/t14-,15-,16+,19-/m0/s1. The quantitative estimate of drug-likeness (QED) is 0.795. The van der Waals surface area contributed by atoms with Crippen LogP contribution in [-0.4, -0.2) is 64.5 Å². The van der Waals surface area contributed by atoms with Gasteiger partial charge in [-0.25, -0.2) is 0 Å². The molecule has 2 N–H and O–H groups in total. The van der Waals surface area contributed by atoms with Crippen LogP contribution in [0.5, 0.6) is 0 Å². The Morgan fingerprint density at radius 3 is 2.92 bits per heavy atom. The third-order valence-electron chi connectivity index (χ3n) is 6.10. The fourth-order valence-electron chi connectivity index (χ4n) is 4.93. The molecule has 140 valence electrons. The predicted octanol–water partition coefficient (Wildman–Crippen LogP) is 0.395. The van der Waals surface area contributed by atoms with Gasteiger partial charge >= 0.3 is 0 Å². The zero-order valence-corrected chi connectivity index (χ0v) is 15.1. The molecule has 2 amide bonds. The van der Waals surface area contributed by atoms with Crippen LogP contribution in [0.1, 0.15) is 25.3 Å². The molecule has 1 aromatic rings. The topological polar surface area (TPSA) is 88.8 Å². The highest BCUT2D eigenvalue weighted by Gasteiger charge is 2.68. The Morgan fingerprint density at radius 1 is 1.46 bits per heavy atom. The lowest BCUT2D eigenvalue weighted by Crippen LogP contribution is -2.47. The first-order valence-electron chi connectivity index (χ1n) is 9.44. The van der Waals surface area contributed by atoms with Crippen LogP contribution in [0.15, 0.2) is 24.5 Å². The second-order valence-electron chi connectivity index (χ2n) is 7.52. The molecule has 3 saturated heterocycles. The lowest BCUT2D eigenvalue weighted by atomic mass is 9.72. The summed E-state index contributed by atoms with van der Waals surface area (Å²) in [5.74, 6) is -0.660. The second-order valence-corrected chi connectivity index (χ2v) is 7.52. The van der Waals surface area contributed by atoms with Crippen molar-refractivity contribution in [3.63, 3.8) is 0 Å². The van der Waals surface area contributed by atoms with Crippen molar-refractivity contribution in [2.45, 2.75) is 38.0 Å². The predicted molar refractivity (Wildman–Crippen MR) is 94.8 cm³/mol.